The second kappa shape index (κ2) is 5.63. The number of nitrogens with zero attached hydrogens (tertiary/aromatic N) is 2. The molecular weight excluding hydrogens is 290 g/mol. The summed E-state index contributed by atoms with van der Waals surface area (Å²) in [5.74, 6) is 0.185. The number of carbonyl (C=O) groups excluding carboxylic acids is 1. The van der Waals surface area contributed by atoms with E-state index in [4.69, 9.17) is 0 Å². The Balaban J connectivity index is 1.74. The Hall–Kier alpha value is -1.63. The first-order valence-electron chi connectivity index (χ1n) is 7.26. The molecule has 3 rings (SSSR count). The van der Waals surface area contributed by atoms with Crippen LogP contribution in [-0.4, -0.2) is 43.9 Å². The van der Waals surface area contributed by atoms with Crippen molar-refractivity contribution in [2.45, 2.75) is 19.3 Å². The molecule has 0 saturated carbocycles. The lowest BCUT2D eigenvalue weighted by atomic mass is 10.1. The largest absolute Gasteiger partial charge is 0.355 e. The van der Waals surface area contributed by atoms with Crippen LogP contribution in [0.4, 0.5) is 11.5 Å². The molecule has 0 spiro atoms. The second-order valence-corrected chi connectivity index (χ2v) is 7.89. The molecule has 0 unspecified atom stereocenters. The van der Waals surface area contributed by atoms with Gasteiger partial charge >= 0.3 is 0 Å². The van der Waals surface area contributed by atoms with E-state index in [9.17, 15) is 13.2 Å². The monoisotopic (exact) mass is 309 g/mol. The van der Waals surface area contributed by atoms with E-state index in [2.05, 4.69) is 15.2 Å². The maximum atomic E-state index is 12.2. The molecular formula is C14H19N3O3S. The zero-order valence-electron chi connectivity index (χ0n) is 11.8. The predicted octanol–water partition coefficient (Wildman–Crippen LogP) is 1.05. The quantitative estimate of drug-likeness (QED) is 0.903. The number of pyridine rings is 1. The van der Waals surface area contributed by atoms with E-state index in [0.717, 1.165) is 31.7 Å². The highest BCUT2D eigenvalue weighted by atomic mass is 32.2. The molecule has 2 aliphatic heterocycles. The van der Waals surface area contributed by atoms with Gasteiger partial charge in [-0.05, 0) is 31.4 Å². The zero-order valence-corrected chi connectivity index (χ0v) is 12.6. The maximum absolute atomic E-state index is 12.2. The number of sulfone groups is 1. The highest BCUT2D eigenvalue weighted by Crippen LogP contribution is 2.27. The predicted molar refractivity (Wildman–Crippen MR) is 81.1 cm³/mol. The van der Waals surface area contributed by atoms with Gasteiger partial charge in [0.2, 0.25) is 5.91 Å². The van der Waals surface area contributed by atoms with Gasteiger partial charge in [-0.25, -0.2) is 13.4 Å². The molecule has 1 amide bonds. The summed E-state index contributed by atoms with van der Waals surface area (Å²) < 4.78 is 22.9. The van der Waals surface area contributed by atoms with Gasteiger partial charge in [-0.15, -0.1) is 0 Å². The van der Waals surface area contributed by atoms with Crippen LogP contribution in [0.5, 0.6) is 0 Å². The van der Waals surface area contributed by atoms with Gasteiger partial charge < -0.3 is 10.2 Å². The molecule has 6 nitrogen and oxygen atoms in total. The molecule has 0 aliphatic carbocycles. The van der Waals surface area contributed by atoms with Gasteiger partial charge in [0, 0.05) is 19.3 Å². The van der Waals surface area contributed by atoms with E-state index < -0.39 is 15.8 Å². The van der Waals surface area contributed by atoms with Crippen molar-refractivity contribution in [1.82, 2.24) is 4.98 Å². The van der Waals surface area contributed by atoms with Crippen molar-refractivity contribution in [3.05, 3.63) is 18.3 Å². The molecule has 21 heavy (non-hydrogen) atoms. The average molecular weight is 309 g/mol. The molecule has 1 aromatic rings. The van der Waals surface area contributed by atoms with Gasteiger partial charge in [0.05, 0.1) is 23.1 Å². The summed E-state index contributed by atoms with van der Waals surface area (Å²) in [5.41, 5.74) is 0.675. The van der Waals surface area contributed by atoms with Crippen molar-refractivity contribution in [1.29, 1.82) is 0 Å². The molecule has 7 heteroatoms. The SMILES string of the molecule is O=C(Nc1cccnc1N1CCCC1)[C@@H]1CCS(=O)(=O)C1. The summed E-state index contributed by atoms with van der Waals surface area (Å²) in [5, 5.41) is 2.86. The van der Waals surface area contributed by atoms with Crippen LogP contribution in [0.25, 0.3) is 0 Å². The lowest BCUT2D eigenvalue weighted by Crippen LogP contribution is -2.26. The molecule has 2 saturated heterocycles. The van der Waals surface area contributed by atoms with Gasteiger partial charge in [-0.3, -0.25) is 4.79 Å². The Bertz CT molecular complexity index is 639. The van der Waals surface area contributed by atoms with Gasteiger partial charge in [0.25, 0.3) is 0 Å². The fraction of sp³-hybridized carbons (Fsp3) is 0.571. The molecule has 2 fully saturated rings. The van der Waals surface area contributed by atoms with Crippen LogP contribution >= 0.6 is 0 Å². The van der Waals surface area contributed by atoms with Crippen molar-refractivity contribution in [3.8, 4) is 0 Å². The van der Waals surface area contributed by atoms with Gasteiger partial charge in [-0.1, -0.05) is 0 Å². The van der Waals surface area contributed by atoms with Crippen LogP contribution in [-0.2, 0) is 14.6 Å². The van der Waals surface area contributed by atoms with Crippen molar-refractivity contribution in [2.75, 3.05) is 34.8 Å². The van der Waals surface area contributed by atoms with Crippen molar-refractivity contribution < 1.29 is 13.2 Å². The molecule has 0 radical (unpaired) electrons. The van der Waals surface area contributed by atoms with Crippen molar-refractivity contribution >= 4 is 27.2 Å². The first-order valence-corrected chi connectivity index (χ1v) is 9.08. The number of amides is 1. The third kappa shape index (κ3) is 3.18. The van der Waals surface area contributed by atoms with Crippen LogP contribution in [0.1, 0.15) is 19.3 Å². The van der Waals surface area contributed by atoms with Gasteiger partial charge in [0.1, 0.15) is 0 Å². The standard InChI is InChI=1S/C14H19N3O3S/c18-14(11-5-9-21(19,20)10-11)16-12-4-3-6-15-13(12)17-7-1-2-8-17/h3-4,6,11H,1-2,5,7-10H2,(H,16,18)/t11-/m1/s1. The Morgan fingerprint density at radius 2 is 2.10 bits per heavy atom. The van der Waals surface area contributed by atoms with E-state index in [0.29, 0.717) is 12.1 Å². The van der Waals surface area contributed by atoms with Crippen LogP contribution in [0.15, 0.2) is 18.3 Å². The van der Waals surface area contributed by atoms with Gasteiger partial charge in [-0.2, -0.15) is 0 Å². The fourth-order valence-electron chi connectivity index (χ4n) is 2.91. The maximum Gasteiger partial charge on any atom is 0.228 e. The molecule has 0 bridgehead atoms. The third-order valence-electron chi connectivity index (χ3n) is 4.05. The first-order chi connectivity index (χ1) is 10.1. The minimum atomic E-state index is -3.05. The van der Waals surface area contributed by atoms with Crippen LogP contribution in [0, 0.1) is 5.92 Å². The topological polar surface area (TPSA) is 79.4 Å². The average Bonchev–Trinajstić information content (AvgIpc) is 3.08. The van der Waals surface area contributed by atoms with E-state index in [-0.39, 0.29) is 17.4 Å². The summed E-state index contributed by atoms with van der Waals surface area (Å²) in [7, 11) is -3.05. The number of hydrogen-bond donors (Lipinski definition) is 1. The lowest BCUT2D eigenvalue weighted by Gasteiger charge is -2.20. The number of carbonyl (C=O) groups is 1. The Kier molecular flexibility index (Phi) is 3.84. The molecule has 2 aliphatic rings. The fourth-order valence-corrected chi connectivity index (χ4v) is 4.65. The Morgan fingerprint density at radius 3 is 2.76 bits per heavy atom. The minimum absolute atomic E-state index is 0.0435. The summed E-state index contributed by atoms with van der Waals surface area (Å²) in [4.78, 5) is 18.8. The highest BCUT2D eigenvalue weighted by molar-refractivity contribution is 7.91. The van der Waals surface area contributed by atoms with Crippen LogP contribution < -0.4 is 10.2 Å². The molecule has 0 aromatic carbocycles. The number of rotatable bonds is 3. The smallest absolute Gasteiger partial charge is 0.228 e. The van der Waals surface area contributed by atoms with E-state index >= 15 is 0 Å². The van der Waals surface area contributed by atoms with E-state index in [1.165, 1.54) is 0 Å². The number of anilines is 2. The van der Waals surface area contributed by atoms with Crippen molar-refractivity contribution in [3.63, 3.8) is 0 Å². The summed E-state index contributed by atoms with van der Waals surface area (Å²) >= 11 is 0. The lowest BCUT2D eigenvalue weighted by molar-refractivity contribution is -0.119. The number of aromatic nitrogens is 1. The molecule has 1 N–H and O–H groups in total. The number of nitrogens with one attached hydrogen (secondary N) is 1. The normalized spacial score (nSPS) is 24.2. The highest BCUT2D eigenvalue weighted by Gasteiger charge is 2.33. The summed E-state index contributed by atoms with van der Waals surface area (Å²) in [6.07, 6.45) is 4.38. The van der Waals surface area contributed by atoms with E-state index in [1.54, 1.807) is 12.3 Å². The Labute approximate surface area is 124 Å². The minimum Gasteiger partial charge on any atom is -0.355 e. The molecule has 1 aromatic heterocycles. The molecule has 3 heterocycles. The Morgan fingerprint density at radius 1 is 1.33 bits per heavy atom. The van der Waals surface area contributed by atoms with E-state index in [1.807, 2.05) is 6.07 Å². The first kappa shape index (κ1) is 14.3. The second-order valence-electron chi connectivity index (χ2n) is 5.66. The van der Waals surface area contributed by atoms with Crippen LogP contribution in [0.2, 0.25) is 0 Å². The van der Waals surface area contributed by atoms with Gasteiger partial charge in [0.15, 0.2) is 15.7 Å². The number of hydrogen-bond acceptors (Lipinski definition) is 5. The van der Waals surface area contributed by atoms with Crippen molar-refractivity contribution in [2.24, 2.45) is 5.92 Å². The molecule has 114 valence electrons. The molecule has 1 atom stereocenters. The van der Waals surface area contributed by atoms with Crippen LogP contribution in [0.3, 0.4) is 0 Å². The zero-order chi connectivity index (χ0) is 14.9. The summed E-state index contributed by atoms with van der Waals surface area (Å²) in [6, 6.07) is 3.60. The third-order valence-corrected chi connectivity index (χ3v) is 5.82. The summed E-state index contributed by atoms with van der Waals surface area (Å²) in [6.45, 7) is 1.88.